The van der Waals surface area contributed by atoms with Gasteiger partial charge in [0.15, 0.2) is 0 Å². The van der Waals surface area contributed by atoms with Gasteiger partial charge in [0, 0.05) is 68.7 Å². The molecule has 1 aromatic carbocycles. The molecule has 2 N–H and O–H groups in total. The predicted molar refractivity (Wildman–Crippen MR) is 127 cm³/mol. The molecule has 0 radical (unpaired) electrons. The van der Waals surface area contributed by atoms with Crippen LogP contribution in [0.15, 0.2) is 23.0 Å². The van der Waals surface area contributed by atoms with Crippen LogP contribution in [-0.4, -0.2) is 64.9 Å². The highest BCUT2D eigenvalue weighted by Crippen LogP contribution is 2.27. The third-order valence-corrected chi connectivity index (χ3v) is 6.45. The molecule has 0 spiro atoms. The topological polar surface area (TPSA) is 84.9 Å². The number of hydrogen-bond acceptors (Lipinski definition) is 7. The van der Waals surface area contributed by atoms with Gasteiger partial charge in [-0.15, -0.1) is 0 Å². The Morgan fingerprint density at radius 2 is 1.94 bits per heavy atom. The number of aromatic amines is 1. The summed E-state index contributed by atoms with van der Waals surface area (Å²) in [4.78, 5) is 27.2. The zero-order valence-corrected chi connectivity index (χ0v) is 19.6. The van der Waals surface area contributed by atoms with E-state index >= 15 is 0 Å². The van der Waals surface area contributed by atoms with Crippen molar-refractivity contribution >= 4 is 11.6 Å². The highest BCUT2D eigenvalue weighted by atomic mass is 16.5. The second kappa shape index (κ2) is 9.50. The van der Waals surface area contributed by atoms with Gasteiger partial charge in [-0.3, -0.25) is 14.7 Å². The normalized spacial score (nSPS) is 21.4. The van der Waals surface area contributed by atoms with Crippen LogP contribution in [0, 0.1) is 0 Å². The molecule has 1 aromatic heterocycles. The van der Waals surface area contributed by atoms with Crippen LogP contribution in [0.3, 0.4) is 0 Å². The van der Waals surface area contributed by atoms with E-state index in [1.54, 1.807) is 0 Å². The lowest BCUT2D eigenvalue weighted by atomic mass is 10.0. The van der Waals surface area contributed by atoms with Crippen molar-refractivity contribution < 1.29 is 9.84 Å². The second-order valence-electron chi connectivity index (χ2n) is 8.92. The first-order valence-corrected chi connectivity index (χ1v) is 11.7. The predicted octanol–water partition coefficient (Wildman–Crippen LogP) is 2.49. The van der Waals surface area contributed by atoms with Gasteiger partial charge in [0.1, 0.15) is 5.75 Å². The third-order valence-electron chi connectivity index (χ3n) is 6.45. The summed E-state index contributed by atoms with van der Waals surface area (Å²) in [6.45, 7) is 13.5. The van der Waals surface area contributed by atoms with Gasteiger partial charge in [-0.1, -0.05) is 6.07 Å². The standard InChI is InChI=1S/C24H35N5O3/c1-5-28(6-2)19-8-7-18(22(30)11-19)14-27-10-9-20-21(15-27)25-24(26-23(20)31)29-12-16(3)32-17(4)13-29/h7-8,11,16-17,30H,5-6,9-10,12-15H2,1-4H3,(H,25,26,31)/t16-,17+. The first-order chi connectivity index (χ1) is 15.4. The maximum absolute atomic E-state index is 12.8. The van der Waals surface area contributed by atoms with E-state index in [0.717, 1.165) is 42.1 Å². The lowest BCUT2D eigenvalue weighted by Gasteiger charge is -2.36. The molecule has 2 atom stereocenters. The lowest BCUT2D eigenvalue weighted by molar-refractivity contribution is -0.00576. The van der Waals surface area contributed by atoms with Crippen molar-refractivity contribution in [1.82, 2.24) is 14.9 Å². The minimum atomic E-state index is -0.0390. The molecule has 2 aliphatic rings. The summed E-state index contributed by atoms with van der Waals surface area (Å²) in [5.41, 5.74) is 3.50. The summed E-state index contributed by atoms with van der Waals surface area (Å²) in [5.74, 6) is 0.945. The zero-order valence-electron chi connectivity index (χ0n) is 19.6. The Labute approximate surface area is 189 Å². The van der Waals surface area contributed by atoms with Crippen LogP contribution in [0.4, 0.5) is 11.6 Å². The number of fused-ring (bicyclic) bond motifs is 1. The maximum Gasteiger partial charge on any atom is 0.255 e. The van der Waals surface area contributed by atoms with Gasteiger partial charge in [0.2, 0.25) is 5.95 Å². The first-order valence-electron chi connectivity index (χ1n) is 11.7. The van der Waals surface area contributed by atoms with E-state index in [2.05, 4.69) is 39.6 Å². The smallest absolute Gasteiger partial charge is 0.255 e. The van der Waals surface area contributed by atoms with E-state index in [4.69, 9.17) is 9.72 Å². The molecule has 0 unspecified atom stereocenters. The molecule has 4 rings (SSSR count). The Morgan fingerprint density at radius 1 is 1.22 bits per heavy atom. The molecule has 1 fully saturated rings. The zero-order chi connectivity index (χ0) is 22.8. The molecule has 2 aliphatic heterocycles. The number of nitrogens with one attached hydrogen (secondary N) is 1. The van der Waals surface area contributed by atoms with E-state index in [1.807, 2.05) is 26.0 Å². The lowest BCUT2D eigenvalue weighted by Crippen LogP contribution is -2.47. The average Bonchev–Trinajstić information content (AvgIpc) is 2.75. The molecular weight excluding hydrogens is 406 g/mol. The van der Waals surface area contributed by atoms with Crippen LogP contribution in [-0.2, 0) is 24.2 Å². The number of nitrogens with zero attached hydrogens (tertiary/aromatic N) is 4. The number of phenols is 1. The van der Waals surface area contributed by atoms with Gasteiger partial charge in [-0.25, -0.2) is 4.98 Å². The van der Waals surface area contributed by atoms with E-state index in [9.17, 15) is 9.90 Å². The van der Waals surface area contributed by atoms with Crippen LogP contribution in [0.25, 0.3) is 0 Å². The van der Waals surface area contributed by atoms with Crippen molar-refractivity contribution in [1.29, 1.82) is 0 Å². The summed E-state index contributed by atoms with van der Waals surface area (Å²) >= 11 is 0. The fourth-order valence-corrected chi connectivity index (χ4v) is 4.83. The van der Waals surface area contributed by atoms with Crippen molar-refractivity contribution in [3.63, 3.8) is 0 Å². The van der Waals surface area contributed by atoms with Gasteiger partial charge in [-0.2, -0.15) is 0 Å². The molecule has 32 heavy (non-hydrogen) atoms. The monoisotopic (exact) mass is 441 g/mol. The number of anilines is 2. The molecular formula is C24H35N5O3. The Balaban J connectivity index is 1.51. The number of H-pyrrole nitrogens is 1. The second-order valence-corrected chi connectivity index (χ2v) is 8.92. The molecule has 3 heterocycles. The summed E-state index contributed by atoms with van der Waals surface area (Å²) in [6, 6.07) is 5.93. The average molecular weight is 442 g/mol. The van der Waals surface area contributed by atoms with E-state index in [-0.39, 0.29) is 17.8 Å². The maximum atomic E-state index is 12.8. The van der Waals surface area contributed by atoms with Crippen molar-refractivity contribution in [2.24, 2.45) is 0 Å². The van der Waals surface area contributed by atoms with Gasteiger partial charge < -0.3 is 19.6 Å². The minimum Gasteiger partial charge on any atom is -0.508 e. The Hall–Kier alpha value is -2.58. The van der Waals surface area contributed by atoms with Crippen LogP contribution in [0.5, 0.6) is 5.75 Å². The summed E-state index contributed by atoms with van der Waals surface area (Å²) in [5, 5.41) is 10.6. The van der Waals surface area contributed by atoms with Gasteiger partial charge >= 0.3 is 0 Å². The molecule has 0 saturated carbocycles. The van der Waals surface area contributed by atoms with Gasteiger partial charge in [-0.05, 0) is 40.2 Å². The van der Waals surface area contributed by atoms with E-state index < -0.39 is 0 Å². The van der Waals surface area contributed by atoms with Crippen molar-refractivity contribution in [3.8, 4) is 5.75 Å². The number of aromatic nitrogens is 2. The SMILES string of the molecule is CCN(CC)c1ccc(CN2CCc3c(nc(N4C[C@@H](C)O[C@@H](C)C4)[nH]c3=O)C2)c(O)c1. The number of ether oxygens (including phenoxy) is 1. The third kappa shape index (κ3) is 4.76. The van der Waals surface area contributed by atoms with Gasteiger partial charge in [0.25, 0.3) is 5.56 Å². The first kappa shape index (κ1) is 22.6. The molecule has 1 saturated heterocycles. The fourth-order valence-electron chi connectivity index (χ4n) is 4.83. The quantitative estimate of drug-likeness (QED) is 0.712. The molecule has 0 aliphatic carbocycles. The highest BCUT2D eigenvalue weighted by Gasteiger charge is 2.27. The molecule has 0 bridgehead atoms. The summed E-state index contributed by atoms with van der Waals surface area (Å²) in [6.07, 6.45) is 0.851. The van der Waals surface area contributed by atoms with Crippen LogP contribution in [0.1, 0.15) is 44.5 Å². The largest absolute Gasteiger partial charge is 0.508 e. The molecule has 2 aromatic rings. The molecule has 174 valence electrons. The summed E-state index contributed by atoms with van der Waals surface area (Å²) in [7, 11) is 0. The molecule has 8 nitrogen and oxygen atoms in total. The van der Waals surface area contributed by atoms with Crippen molar-refractivity contribution in [2.75, 3.05) is 42.5 Å². The van der Waals surface area contributed by atoms with Crippen LogP contribution < -0.4 is 15.4 Å². The van der Waals surface area contributed by atoms with E-state index in [1.165, 1.54) is 0 Å². The number of aromatic hydroxyl groups is 1. The molecule has 0 amide bonds. The van der Waals surface area contributed by atoms with Crippen molar-refractivity contribution in [2.45, 2.75) is 59.4 Å². The number of rotatable bonds is 6. The Kier molecular flexibility index (Phi) is 6.71. The highest BCUT2D eigenvalue weighted by molar-refractivity contribution is 5.53. The van der Waals surface area contributed by atoms with Crippen molar-refractivity contribution in [3.05, 3.63) is 45.4 Å². The Bertz CT molecular complexity index is 994. The number of phenolic OH excluding ortho intramolecular Hbond substituents is 1. The fraction of sp³-hybridized carbons (Fsp3) is 0.583. The minimum absolute atomic E-state index is 0.0390. The van der Waals surface area contributed by atoms with E-state index in [0.29, 0.717) is 44.3 Å². The Morgan fingerprint density at radius 3 is 2.59 bits per heavy atom. The number of hydrogen-bond donors (Lipinski definition) is 2. The van der Waals surface area contributed by atoms with Crippen LogP contribution >= 0.6 is 0 Å². The van der Waals surface area contributed by atoms with Gasteiger partial charge in [0.05, 0.1) is 17.9 Å². The summed E-state index contributed by atoms with van der Waals surface area (Å²) < 4.78 is 5.82. The number of morpholine rings is 1. The number of benzene rings is 1. The van der Waals surface area contributed by atoms with Crippen LogP contribution in [0.2, 0.25) is 0 Å². The molecule has 8 heteroatoms.